The van der Waals surface area contributed by atoms with Gasteiger partial charge in [0.15, 0.2) is 0 Å². The predicted molar refractivity (Wildman–Crippen MR) is 180 cm³/mol. The topological polar surface area (TPSA) is 3.24 Å². The van der Waals surface area contributed by atoms with Crippen LogP contribution in [0.1, 0.15) is 48.6 Å². The summed E-state index contributed by atoms with van der Waals surface area (Å²) in [4.78, 5) is 2.30. The molecular formula is C40H37N. The zero-order valence-electron chi connectivity index (χ0n) is 24.3. The molecule has 1 heterocycles. The Kier molecular flexibility index (Phi) is 7.69. The van der Waals surface area contributed by atoms with Gasteiger partial charge in [-0.2, -0.15) is 0 Å². The molecule has 0 radical (unpaired) electrons. The highest BCUT2D eigenvalue weighted by molar-refractivity contribution is 6.01. The molecule has 0 atom stereocenters. The van der Waals surface area contributed by atoms with Crippen molar-refractivity contribution in [2.75, 3.05) is 11.4 Å². The van der Waals surface area contributed by atoms with Crippen LogP contribution in [0.4, 0.5) is 5.69 Å². The largest absolute Gasteiger partial charge is 0.348 e. The van der Waals surface area contributed by atoms with Crippen LogP contribution in [0.15, 0.2) is 128 Å². The molecule has 41 heavy (non-hydrogen) atoms. The summed E-state index contributed by atoms with van der Waals surface area (Å²) < 4.78 is 0. The molecule has 5 aromatic carbocycles. The van der Waals surface area contributed by atoms with E-state index >= 15 is 0 Å². The van der Waals surface area contributed by atoms with Gasteiger partial charge in [0.2, 0.25) is 0 Å². The molecule has 1 nitrogen and oxygen atoms in total. The van der Waals surface area contributed by atoms with Crippen LogP contribution >= 0.6 is 0 Å². The molecule has 1 heteroatoms. The number of para-hydroxylation sites is 1. The molecule has 1 aliphatic rings. The number of aryl methyl sites for hydroxylation is 2. The quantitative estimate of drug-likeness (QED) is 0.189. The van der Waals surface area contributed by atoms with Crippen molar-refractivity contribution in [3.8, 4) is 0 Å². The first-order valence-electron chi connectivity index (χ1n) is 14.9. The Bertz CT molecular complexity index is 1850. The Morgan fingerprint density at radius 1 is 0.659 bits per heavy atom. The molecule has 0 saturated carbocycles. The maximum atomic E-state index is 2.30. The van der Waals surface area contributed by atoms with Crippen molar-refractivity contribution in [3.05, 3.63) is 155 Å². The van der Waals surface area contributed by atoms with Crippen LogP contribution < -0.4 is 4.90 Å². The summed E-state index contributed by atoms with van der Waals surface area (Å²) in [6.45, 7) is 7.61. The van der Waals surface area contributed by atoms with Crippen molar-refractivity contribution in [1.29, 1.82) is 0 Å². The van der Waals surface area contributed by atoms with E-state index in [1.54, 1.807) is 0 Å². The zero-order chi connectivity index (χ0) is 28.2. The van der Waals surface area contributed by atoms with Gasteiger partial charge in [0.05, 0.1) is 0 Å². The summed E-state index contributed by atoms with van der Waals surface area (Å²) in [6, 6.07) is 35.4. The second-order valence-electron chi connectivity index (χ2n) is 10.6. The van der Waals surface area contributed by atoms with Crippen molar-refractivity contribution >= 4 is 44.5 Å². The van der Waals surface area contributed by atoms with Gasteiger partial charge in [-0.1, -0.05) is 129 Å². The van der Waals surface area contributed by atoms with Crippen LogP contribution in [-0.4, -0.2) is 6.54 Å². The molecule has 0 amide bonds. The number of hydrogen-bond donors (Lipinski definition) is 0. The average molecular weight is 532 g/mol. The Balaban J connectivity index is 1.52. The summed E-state index contributed by atoms with van der Waals surface area (Å²) >= 11 is 0. The molecular weight excluding hydrogens is 494 g/mol. The number of hydrogen-bond acceptors (Lipinski definition) is 1. The van der Waals surface area contributed by atoms with Gasteiger partial charge in [-0.25, -0.2) is 0 Å². The lowest BCUT2D eigenvalue weighted by Crippen LogP contribution is -2.18. The normalized spacial score (nSPS) is 14.5. The Morgan fingerprint density at radius 3 is 2.02 bits per heavy atom. The molecule has 1 aliphatic heterocycles. The lowest BCUT2D eigenvalue weighted by Gasteiger charge is -2.26. The Hall–Kier alpha value is -4.62. The van der Waals surface area contributed by atoms with Crippen molar-refractivity contribution in [2.45, 2.75) is 33.6 Å². The van der Waals surface area contributed by atoms with E-state index in [0.717, 1.165) is 19.4 Å². The number of allylic oxidation sites excluding steroid dienone is 6. The molecule has 0 fully saturated rings. The molecule has 0 saturated heterocycles. The smallest absolute Gasteiger partial charge is 0.0485 e. The first kappa shape index (κ1) is 26.6. The summed E-state index contributed by atoms with van der Waals surface area (Å²) in [5, 5.41) is 5.27. The van der Waals surface area contributed by atoms with Gasteiger partial charge in [0.1, 0.15) is 0 Å². The Labute approximate surface area is 244 Å². The van der Waals surface area contributed by atoms with Crippen LogP contribution in [0.5, 0.6) is 0 Å². The molecule has 0 spiro atoms. The van der Waals surface area contributed by atoms with Crippen LogP contribution in [0, 0.1) is 0 Å². The maximum Gasteiger partial charge on any atom is 0.0485 e. The molecule has 0 aromatic heterocycles. The summed E-state index contributed by atoms with van der Waals surface area (Å²) in [5.74, 6) is 0. The first-order valence-corrected chi connectivity index (χ1v) is 14.9. The van der Waals surface area contributed by atoms with E-state index in [4.69, 9.17) is 0 Å². The predicted octanol–water partition coefficient (Wildman–Crippen LogP) is 10.7. The number of anilines is 1. The minimum atomic E-state index is 0.950. The third kappa shape index (κ3) is 5.16. The monoisotopic (exact) mass is 531 g/mol. The third-order valence-electron chi connectivity index (χ3n) is 8.32. The highest BCUT2D eigenvalue weighted by Gasteiger charge is 2.14. The average Bonchev–Trinajstić information content (AvgIpc) is 3.04. The summed E-state index contributed by atoms with van der Waals surface area (Å²) in [5.41, 5.74) is 10.2. The van der Waals surface area contributed by atoms with Crippen LogP contribution in [0.25, 0.3) is 38.8 Å². The van der Waals surface area contributed by atoms with Crippen molar-refractivity contribution in [1.82, 2.24) is 0 Å². The number of fused-ring (bicyclic) bond motifs is 3. The molecule has 0 aliphatic carbocycles. The van der Waals surface area contributed by atoms with Gasteiger partial charge in [0, 0.05) is 24.0 Å². The molecule has 5 aromatic rings. The fourth-order valence-electron chi connectivity index (χ4n) is 6.08. The van der Waals surface area contributed by atoms with Crippen LogP contribution in [0.2, 0.25) is 0 Å². The van der Waals surface area contributed by atoms with Gasteiger partial charge in [-0.15, -0.1) is 0 Å². The second-order valence-corrected chi connectivity index (χ2v) is 10.6. The van der Waals surface area contributed by atoms with Crippen molar-refractivity contribution < 1.29 is 0 Å². The molecule has 6 rings (SSSR count). The lowest BCUT2D eigenvalue weighted by molar-refractivity contribution is 1.01. The van der Waals surface area contributed by atoms with E-state index in [1.165, 1.54) is 66.2 Å². The fourth-order valence-corrected chi connectivity index (χ4v) is 6.08. The van der Waals surface area contributed by atoms with E-state index in [-0.39, 0.29) is 0 Å². The van der Waals surface area contributed by atoms with Crippen molar-refractivity contribution in [3.63, 3.8) is 0 Å². The standard InChI is InChI=1S/C40H37N/c1-4-29-19-20-31(36-15-8-7-13-34(29)36)21-22-32(37-26-25-30(5-2)35-14-9-10-17-39(35)37)23-24-33-27-28-41(6-3)40-18-12-11-16-38(33)40/h7-28H,4-6H2,1-3H3/b22-21+,32-23-,33-24+. The second kappa shape index (κ2) is 11.9. The lowest BCUT2D eigenvalue weighted by atomic mass is 9.92. The number of benzene rings is 5. The summed E-state index contributed by atoms with van der Waals surface area (Å²) in [6.07, 6.45) is 15.7. The highest BCUT2D eigenvalue weighted by Crippen LogP contribution is 2.34. The van der Waals surface area contributed by atoms with Gasteiger partial charge in [-0.3, -0.25) is 0 Å². The molecule has 202 valence electrons. The summed E-state index contributed by atoms with van der Waals surface area (Å²) in [7, 11) is 0. The van der Waals surface area contributed by atoms with E-state index in [1.807, 2.05) is 0 Å². The SMILES string of the molecule is CCc1ccc(/C=C/C(=C/C=C2\C=CN(CC)c3ccccc32)c2ccc(CC)c3ccccc23)c2ccccc12. The maximum absolute atomic E-state index is 2.30. The Morgan fingerprint density at radius 2 is 1.29 bits per heavy atom. The van der Waals surface area contributed by atoms with E-state index in [0.29, 0.717) is 0 Å². The minimum absolute atomic E-state index is 0.950. The van der Waals surface area contributed by atoms with Gasteiger partial charge >= 0.3 is 0 Å². The van der Waals surface area contributed by atoms with Gasteiger partial charge in [-0.05, 0) is 86.9 Å². The fraction of sp³-hybridized carbons (Fsp3) is 0.150. The molecule has 0 bridgehead atoms. The van der Waals surface area contributed by atoms with E-state index < -0.39 is 0 Å². The van der Waals surface area contributed by atoms with E-state index in [9.17, 15) is 0 Å². The molecule has 0 unspecified atom stereocenters. The van der Waals surface area contributed by atoms with Gasteiger partial charge < -0.3 is 4.90 Å². The number of nitrogens with zero attached hydrogens (tertiary/aromatic N) is 1. The highest BCUT2D eigenvalue weighted by atomic mass is 15.1. The minimum Gasteiger partial charge on any atom is -0.348 e. The van der Waals surface area contributed by atoms with Crippen molar-refractivity contribution in [2.24, 2.45) is 0 Å². The van der Waals surface area contributed by atoms with E-state index in [2.05, 4.69) is 159 Å². The third-order valence-corrected chi connectivity index (χ3v) is 8.32. The molecule has 0 N–H and O–H groups in total. The first-order chi connectivity index (χ1) is 20.2. The van der Waals surface area contributed by atoms with Gasteiger partial charge in [0.25, 0.3) is 0 Å². The zero-order valence-corrected chi connectivity index (χ0v) is 24.3. The van der Waals surface area contributed by atoms with Crippen LogP contribution in [-0.2, 0) is 12.8 Å². The number of rotatable bonds is 7. The van der Waals surface area contributed by atoms with Crippen LogP contribution in [0.3, 0.4) is 0 Å².